The molecule has 0 aliphatic rings. The number of primary amides is 1. The van der Waals surface area contributed by atoms with Crippen molar-refractivity contribution in [3.63, 3.8) is 0 Å². The van der Waals surface area contributed by atoms with Crippen molar-refractivity contribution >= 4 is 28.3 Å². The molecule has 4 aromatic rings. The highest BCUT2D eigenvalue weighted by Crippen LogP contribution is 2.34. The highest BCUT2D eigenvalue weighted by molar-refractivity contribution is 7.13. The van der Waals surface area contributed by atoms with Gasteiger partial charge in [-0.25, -0.2) is 9.97 Å². The van der Waals surface area contributed by atoms with Gasteiger partial charge in [0.05, 0.1) is 11.1 Å². The molecule has 25 heavy (non-hydrogen) atoms. The third-order valence-corrected chi connectivity index (χ3v) is 5.03. The van der Waals surface area contributed by atoms with Crippen molar-refractivity contribution in [2.75, 3.05) is 0 Å². The fourth-order valence-corrected chi connectivity index (χ4v) is 3.48. The van der Waals surface area contributed by atoms with Gasteiger partial charge in [0.25, 0.3) is 0 Å². The highest BCUT2D eigenvalue weighted by Gasteiger charge is 2.17. The number of rotatable bonds is 3. The molecule has 0 aliphatic heterocycles. The van der Waals surface area contributed by atoms with Gasteiger partial charge >= 0.3 is 0 Å². The molecule has 0 fully saturated rings. The average Bonchev–Trinajstić information content (AvgIpc) is 3.23. The summed E-state index contributed by atoms with van der Waals surface area (Å²) in [6.45, 7) is 2.02. The van der Waals surface area contributed by atoms with Crippen LogP contribution in [0.15, 0.2) is 41.9 Å². The van der Waals surface area contributed by atoms with E-state index in [1.165, 1.54) is 0 Å². The fraction of sp³-hybridized carbons (Fsp3) is 0.111. The zero-order valence-corrected chi connectivity index (χ0v) is 14.5. The van der Waals surface area contributed by atoms with E-state index in [0.29, 0.717) is 11.2 Å². The van der Waals surface area contributed by atoms with Crippen LogP contribution in [-0.2, 0) is 7.05 Å². The van der Waals surface area contributed by atoms with Gasteiger partial charge in [-0.15, -0.1) is 11.3 Å². The molecule has 0 bridgehead atoms. The lowest BCUT2D eigenvalue weighted by Crippen LogP contribution is -2.10. The van der Waals surface area contributed by atoms with Gasteiger partial charge in [-0.1, -0.05) is 12.1 Å². The first-order valence-corrected chi connectivity index (χ1v) is 8.57. The second-order valence-electron chi connectivity index (χ2n) is 5.74. The van der Waals surface area contributed by atoms with Gasteiger partial charge < -0.3 is 5.73 Å². The van der Waals surface area contributed by atoms with Crippen LogP contribution in [0.25, 0.3) is 32.9 Å². The van der Waals surface area contributed by atoms with Crippen LogP contribution in [0.4, 0.5) is 0 Å². The van der Waals surface area contributed by atoms with E-state index < -0.39 is 5.91 Å². The molecule has 124 valence electrons. The van der Waals surface area contributed by atoms with E-state index in [2.05, 4.69) is 10.1 Å². The summed E-state index contributed by atoms with van der Waals surface area (Å²) in [7, 11) is 1.91. The van der Waals surface area contributed by atoms with Crippen LogP contribution in [0.3, 0.4) is 0 Å². The lowest BCUT2D eigenvalue weighted by atomic mass is 10.0. The number of carbonyl (C=O) groups excluding carboxylic acids is 1. The number of hydrogen-bond donors (Lipinski definition) is 1. The number of carbonyl (C=O) groups is 1. The summed E-state index contributed by atoms with van der Waals surface area (Å²) in [5.74, 6) is -0.446. The number of pyridine rings is 1. The molecule has 0 spiro atoms. The first-order valence-electron chi connectivity index (χ1n) is 7.69. The van der Waals surface area contributed by atoms with Crippen molar-refractivity contribution in [1.29, 1.82) is 0 Å². The summed E-state index contributed by atoms with van der Waals surface area (Å²) in [6, 6.07) is 9.12. The smallest absolute Gasteiger partial charge is 0.248 e. The van der Waals surface area contributed by atoms with Crippen molar-refractivity contribution in [3.05, 3.63) is 53.2 Å². The molecule has 1 amide bonds. The SMILES string of the molecule is Cc1c2c(-c3nccs3)cc(-c3ccc(C(N)=O)cc3)nc2nn1C. The normalized spacial score (nSPS) is 11.1. The number of thiazole rings is 1. The van der Waals surface area contributed by atoms with Crippen molar-refractivity contribution in [1.82, 2.24) is 19.7 Å². The molecule has 4 rings (SSSR count). The van der Waals surface area contributed by atoms with Crippen LogP contribution in [0.5, 0.6) is 0 Å². The standard InChI is InChI=1S/C18H15N5OS/c1-10-15-13(18-20-7-8-25-18)9-14(21-17(15)22-23(10)2)11-3-5-12(6-4-11)16(19)24/h3-9H,1-2H3,(H2,19,24). The van der Waals surface area contributed by atoms with Gasteiger partial charge in [-0.2, -0.15) is 5.10 Å². The maximum absolute atomic E-state index is 11.3. The Labute approximate surface area is 148 Å². The molecule has 0 atom stereocenters. The number of fused-ring (bicyclic) bond motifs is 1. The molecule has 0 saturated heterocycles. The predicted molar refractivity (Wildman–Crippen MR) is 98.3 cm³/mol. The Balaban J connectivity index is 1.95. The van der Waals surface area contributed by atoms with E-state index >= 15 is 0 Å². The third-order valence-electron chi connectivity index (χ3n) is 4.22. The summed E-state index contributed by atoms with van der Waals surface area (Å²) in [5, 5.41) is 8.41. The zero-order valence-electron chi connectivity index (χ0n) is 13.7. The van der Waals surface area contributed by atoms with Gasteiger partial charge in [0.15, 0.2) is 5.65 Å². The first kappa shape index (κ1) is 15.5. The number of aromatic nitrogens is 4. The third kappa shape index (κ3) is 2.58. The summed E-state index contributed by atoms with van der Waals surface area (Å²) in [6.07, 6.45) is 1.79. The van der Waals surface area contributed by atoms with E-state index in [1.54, 1.807) is 29.7 Å². The van der Waals surface area contributed by atoms with Crippen molar-refractivity contribution in [2.24, 2.45) is 12.8 Å². The Morgan fingerprint density at radius 1 is 1.24 bits per heavy atom. The summed E-state index contributed by atoms with van der Waals surface area (Å²) in [4.78, 5) is 20.4. The Kier molecular flexibility index (Phi) is 3.58. The van der Waals surface area contributed by atoms with Crippen LogP contribution in [-0.4, -0.2) is 25.7 Å². The number of nitrogens with two attached hydrogens (primary N) is 1. The van der Waals surface area contributed by atoms with E-state index in [-0.39, 0.29) is 0 Å². The number of hydrogen-bond acceptors (Lipinski definition) is 5. The Bertz CT molecular complexity index is 1080. The molecule has 0 unspecified atom stereocenters. The summed E-state index contributed by atoms with van der Waals surface area (Å²) >= 11 is 1.58. The van der Waals surface area contributed by atoms with E-state index in [1.807, 2.05) is 42.2 Å². The second-order valence-corrected chi connectivity index (χ2v) is 6.64. The number of aryl methyl sites for hydroxylation is 2. The molecule has 0 radical (unpaired) electrons. The monoisotopic (exact) mass is 349 g/mol. The van der Waals surface area contributed by atoms with E-state index in [4.69, 9.17) is 10.7 Å². The Morgan fingerprint density at radius 3 is 2.64 bits per heavy atom. The fourth-order valence-electron chi connectivity index (χ4n) is 2.82. The average molecular weight is 349 g/mol. The molecular weight excluding hydrogens is 334 g/mol. The van der Waals surface area contributed by atoms with Gasteiger partial charge in [-0.3, -0.25) is 9.48 Å². The van der Waals surface area contributed by atoms with Crippen molar-refractivity contribution in [3.8, 4) is 21.8 Å². The number of nitrogens with zero attached hydrogens (tertiary/aromatic N) is 4. The van der Waals surface area contributed by atoms with Gasteiger partial charge in [-0.05, 0) is 25.1 Å². The number of benzene rings is 1. The molecule has 2 N–H and O–H groups in total. The van der Waals surface area contributed by atoms with Crippen LogP contribution in [0, 0.1) is 6.92 Å². The van der Waals surface area contributed by atoms with Crippen molar-refractivity contribution < 1.29 is 4.79 Å². The van der Waals surface area contributed by atoms with Crippen LogP contribution < -0.4 is 5.73 Å². The highest BCUT2D eigenvalue weighted by atomic mass is 32.1. The largest absolute Gasteiger partial charge is 0.366 e. The minimum absolute atomic E-state index is 0.446. The quantitative estimate of drug-likeness (QED) is 0.615. The van der Waals surface area contributed by atoms with Crippen molar-refractivity contribution in [2.45, 2.75) is 6.92 Å². The molecule has 6 nitrogen and oxygen atoms in total. The van der Waals surface area contributed by atoms with Gasteiger partial charge in [0.2, 0.25) is 5.91 Å². The van der Waals surface area contributed by atoms with E-state index in [9.17, 15) is 4.79 Å². The lowest BCUT2D eigenvalue weighted by Gasteiger charge is -2.06. The van der Waals surface area contributed by atoms with E-state index in [0.717, 1.165) is 32.9 Å². The minimum Gasteiger partial charge on any atom is -0.366 e. The number of amides is 1. The minimum atomic E-state index is -0.446. The molecule has 3 aromatic heterocycles. The van der Waals surface area contributed by atoms with Gasteiger partial charge in [0, 0.05) is 41.0 Å². The predicted octanol–water partition coefficient (Wildman–Crippen LogP) is 3.17. The Morgan fingerprint density at radius 2 is 2.00 bits per heavy atom. The molecule has 3 heterocycles. The molecule has 0 aliphatic carbocycles. The lowest BCUT2D eigenvalue weighted by molar-refractivity contribution is 0.100. The Hall–Kier alpha value is -3.06. The maximum atomic E-state index is 11.3. The zero-order chi connectivity index (χ0) is 17.6. The van der Waals surface area contributed by atoms with Crippen LogP contribution >= 0.6 is 11.3 Å². The maximum Gasteiger partial charge on any atom is 0.248 e. The van der Waals surface area contributed by atoms with Gasteiger partial charge in [0.1, 0.15) is 5.01 Å². The van der Waals surface area contributed by atoms with Crippen LogP contribution in [0.1, 0.15) is 16.1 Å². The topological polar surface area (TPSA) is 86.7 Å². The molecule has 1 aromatic carbocycles. The summed E-state index contributed by atoms with van der Waals surface area (Å²) in [5.41, 5.74) is 10.2. The molecular formula is C18H15N5OS. The first-order chi connectivity index (χ1) is 12.0. The molecule has 7 heteroatoms. The van der Waals surface area contributed by atoms with Crippen LogP contribution in [0.2, 0.25) is 0 Å². The second kappa shape index (κ2) is 5.78. The summed E-state index contributed by atoms with van der Waals surface area (Å²) < 4.78 is 1.83. The molecule has 0 saturated carbocycles.